The van der Waals surface area contributed by atoms with Gasteiger partial charge in [0.1, 0.15) is 18.1 Å². The Hall–Kier alpha value is -4.89. The average Bonchev–Trinajstić information content (AvgIpc) is 3.46. The SMILES string of the molecule is CCCC[C@@H](NC(=O)C(Cc1cn(C(=O)OC)c2ccccc12)NC(=O)C(CC(C)(C)C)NC(=O)N1C(C)CCCC1C)C(=O)OCCCO[N+](=O)[O-]. The van der Waals surface area contributed by atoms with Crippen LogP contribution in [0.1, 0.15) is 98.5 Å². The molecule has 1 aliphatic rings. The van der Waals surface area contributed by atoms with Crippen molar-refractivity contribution in [3.8, 4) is 0 Å². The first-order valence-corrected chi connectivity index (χ1v) is 18.4. The zero-order valence-corrected chi connectivity index (χ0v) is 32.0. The first-order valence-electron chi connectivity index (χ1n) is 18.4. The van der Waals surface area contributed by atoms with Crippen LogP contribution in [0.15, 0.2) is 30.5 Å². The van der Waals surface area contributed by atoms with E-state index >= 15 is 0 Å². The molecule has 3 rings (SSSR count). The average molecular weight is 745 g/mol. The van der Waals surface area contributed by atoms with E-state index in [1.165, 1.54) is 11.7 Å². The number of ether oxygens (including phenoxy) is 2. The van der Waals surface area contributed by atoms with E-state index in [4.69, 9.17) is 9.47 Å². The number of fused-ring (bicyclic) bond motifs is 1. The first kappa shape index (κ1) is 42.5. The van der Waals surface area contributed by atoms with Gasteiger partial charge in [-0.2, -0.15) is 0 Å². The lowest BCUT2D eigenvalue weighted by molar-refractivity contribution is -0.757. The van der Waals surface area contributed by atoms with Gasteiger partial charge in [-0.25, -0.2) is 14.4 Å². The van der Waals surface area contributed by atoms with Gasteiger partial charge in [-0.1, -0.05) is 58.7 Å². The monoisotopic (exact) mass is 744 g/mol. The summed E-state index contributed by atoms with van der Waals surface area (Å²) in [7, 11) is 1.26. The first-order chi connectivity index (χ1) is 25.1. The Labute approximate surface area is 310 Å². The van der Waals surface area contributed by atoms with Crippen molar-refractivity contribution in [1.29, 1.82) is 0 Å². The molecule has 1 aromatic carbocycles. The van der Waals surface area contributed by atoms with Gasteiger partial charge in [0, 0.05) is 36.5 Å². The minimum Gasteiger partial charge on any atom is -0.464 e. The van der Waals surface area contributed by atoms with E-state index in [1.807, 2.05) is 41.5 Å². The second-order valence-electron chi connectivity index (χ2n) is 14.9. The maximum atomic E-state index is 14.2. The van der Waals surface area contributed by atoms with Crippen molar-refractivity contribution in [3.05, 3.63) is 46.1 Å². The van der Waals surface area contributed by atoms with Gasteiger partial charge in [-0.15, -0.1) is 10.1 Å². The molecule has 1 aliphatic heterocycles. The van der Waals surface area contributed by atoms with Crippen molar-refractivity contribution in [3.63, 3.8) is 0 Å². The van der Waals surface area contributed by atoms with Gasteiger partial charge in [-0.3, -0.25) is 14.2 Å². The molecule has 294 valence electrons. The molecule has 16 nitrogen and oxygen atoms in total. The lowest BCUT2D eigenvalue weighted by atomic mass is 9.87. The van der Waals surface area contributed by atoms with Crippen LogP contribution in [0.2, 0.25) is 0 Å². The zero-order chi connectivity index (χ0) is 39.3. The second kappa shape index (κ2) is 19.8. The van der Waals surface area contributed by atoms with Crippen LogP contribution in [-0.2, 0) is 35.1 Å². The highest BCUT2D eigenvalue weighted by Crippen LogP contribution is 2.26. The van der Waals surface area contributed by atoms with Crippen LogP contribution in [0.3, 0.4) is 0 Å². The number of para-hydroxylation sites is 1. The quantitative estimate of drug-likeness (QED) is 0.0868. The van der Waals surface area contributed by atoms with E-state index in [-0.39, 0.29) is 62.4 Å². The zero-order valence-electron chi connectivity index (χ0n) is 32.0. The van der Waals surface area contributed by atoms with Gasteiger partial charge in [0.25, 0.3) is 5.09 Å². The van der Waals surface area contributed by atoms with Crippen molar-refractivity contribution < 1.29 is 43.4 Å². The van der Waals surface area contributed by atoms with Crippen LogP contribution >= 0.6 is 0 Å². The number of carbonyl (C=O) groups is 5. The topological polar surface area (TPSA) is 200 Å². The fourth-order valence-electron chi connectivity index (χ4n) is 6.63. The molecule has 4 unspecified atom stereocenters. The van der Waals surface area contributed by atoms with E-state index in [0.717, 1.165) is 19.3 Å². The summed E-state index contributed by atoms with van der Waals surface area (Å²) in [4.78, 5) is 84.4. The smallest absolute Gasteiger partial charge is 0.418 e. The lowest BCUT2D eigenvalue weighted by Crippen LogP contribution is -2.60. The molecule has 1 saturated heterocycles. The standard InChI is InChI=1S/C37H56N6O10/c1-8-9-17-28(34(46)52-19-13-20-53-43(49)50)38-32(44)29(21-26-23-41(36(48)51-7)31-18-11-10-16-27(26)31)39-33(45)30(22-37(4,5)6)40-35(47)42-24(2)14-12-15-25(42)3/h10-11,16,18,23-25,28-30H,8-9,12-15,17,19-22H2,1-7H3,(H,38,44)(H,39,45)(H,40,47)/t24?,25?,28-,29?,30?/m1/s1. The van der Waals surface area contributed by atoms with Gasteiger partial charge < -0.3 is 35.2 Å². The number of unbranched alkanes of at least 4 members (excludes halogenated alkanes) is 1. The summed E-state index contributed by atoms with van der Waals surface area (Å²) in [5.41, 5.74) is 0.699. The molecule has 3 N–H and O–H groups in total. The van der Waals surface area contributed by atoms with Crippen molar-refractivity contribution in [2.45, 2.75) is 130 Å². The van der Waals surface area contributed by atoms with Crippen molar-refractivity contribution in [2.75, 3.05) is 20.3 Å². The fraction of sp³-hybridized carbons (Fsp3) is 0.649. The number of carbonyl (C=O) groups excluding carboxylic acids is 5. The Morgan fingerprint density at radius 3 is 2.21 bits per heavy atom. The Balaban J connectivity index is 1.95. The van der Waals surface area contributed by atoms with Crippen molar-refractivity contribution >= 4 is 40.8 Å². The minimum absolute atomic E-state index is 0.0110. The summed E-state index contributed by atoms with van der Waals surface area (Å²) in [5.74, 6) is -1.99. The van der Waals surface area contributed by atoms with Gasteiger partial charge in [0.15, 0.2) is 0 Å². The molecule has 0 spiro atoms. The fourth-order valence-corrected chi connectivity index (χ4v) is 6.63. The molecule has 0 bridgehead atoms. The van der Waals surface area contributed by atoms with Gasteiger partial charge in [0.2, 0.25) is 11.8 Å². The third kappa shape index (κ3) is 12.6. The Kier molecular flexibility index (Phi) is 15.9. The number of aromatic nitrogens is 1. The third-order valence-electron chi connectivity index (χ3n) is 9.26. The largest absolute Gasteiger partial charge is 0.464 e. The number of nitrogens with one attached hydrogen (secondary N) is 3. The van der Waals surface area contributed by atoms with E-state index in [2.05, 4.69) is 20.8 Å². The minimum atomic E-state index is -1.25. The lowest BCUT2D eigenvalue weighted by Gasteiger charge is -2.40. The molecule has 0 aliphatic carbocycles. The van der Waals surface area contributed by atoms with E-state index in [0.29, 0.717) is 29.3 Å². The summed E-state index contributed by atoms with van der Waals surface area (Å²) < 4.78 is 11.6. The van der Waals surface area contributed by atoms with E-state index in [1.54, 1.807) is 35.4 Å². The van der Waals surface area contributed by atoms with Crippen LogP contribution in [0.25, 0.3) is 10.9 Å². The Morgan fingerprint density at radius 2 is 1.58 bits per heavy atom. The van der Waals surface area contributed by atoms with Crippen LogP contribution in [0, 0.1) is 15.5 Å². The molecule has 5 atom stereocenters. The molecular formula is C37H56N6O10. The Morgan fingerprint density at radius 1 is 0.943 bits per heavy atom. The summed E-state index contributed by atoms with van der Waals surface area (Å²) in [6, 6.07) is 3.34. The highest BCUT2D eigenvalue weighted by molar-refractivity contribution is 5.95. The molecule has 0 saturated carbocycles. The van der Waals surface area contributed by atoms with Gasteiger partial charge >= 0.3 is 18.1 Å². The number of hydrogen-bond acceptors (Lipinski definition) is 10. The normalized spacial score (nSPS) is 17.6. The maximum Gasteiger partial charge on any atom is 0.418 e. The summed E-state index contributed by atoms with van der Waals surface area (Å²) >= 11 is 0. The number of nitrogens with zero attached hydrogens (tertiary/aromatic N) is 3. The van der Waals surface area contributed by atoms with E-state index < -0.39 is 47.1 Å². The number of likely N-dealkylation sites (tertiary alicyclic amines) is 1. The molecule has 2 aromatic rings. The molecule has 1 fully saturated rings. The molecular weight excluding hydrogens is 688 g/mol. The maximum absolute atomic E-state index is 14.2. The number of amides is 4. The number of esters is 1. The summed E-state index contributed by atoms with van der Waals surface area (Å²) in [6.45, 7) is 11.3. The van der Waals surface area contributed by atoms with Gasteiger partial charge in [-0.05, 0) is 63.0 Å². The molecule has 1 aromatic heterocycles. The molecule has 16 heteroatoms. The molecule has 4 amide bonds. The summed E-state index contributed by atoms with van der Waals surface area (Å²) in [6.07, 6.45) is 5.40. The molecule has 2 heterocycles. The van der Waals surface area contributed by atoms with Crippen LogP contribution in [-0.4, -0.2) is 95.0 Å². The number of benzene rings is 1. The van der Waals surface area contributed by atoms with Crippen LogP contribution in [0.5, 0.6) is 0 Å². The van der Waals surface area contributed by atoms with Crippen LogP contribution in [0.4, 0.5) is 9.59 Å². The Bertz CT molecular complexity index is 1580. The number of hydrogen-bond donors (Lipinski definition) is 3. The van der Waals surface area contributed by atoms with Crippen molar-refractivity contribution in [2.24, 2.45) is 5.41 Å². The predicted molar refractivity (Wildman–Crippen MR) is 196 cm³/mol. The number of urea groups is 1. The number of piperidine rings is 1. The molecule has 53 heavy (non-hydrogen) atoms. The van der Waals surface area contributed by atoms with Crippen molar-refractivity contribution in [1.82, 2.24) is 25.4 Å². The predicted octanol–water partition coefficient (Wildman–Crippen LogP) is 4.88. The van der Waals surface area contributed by atoms with E-state index in [9.17, 15) is 34.1 Å². The second-order valence-corrected chi connectivity index (χ2v) is 14.9. The number of rotatable bonds is 17. The summed E-state index contributed by atoms with van der Waals surface area (Å²) in [5, 5.41) is 18.7. The number of methoxy groups -OCH3 is 1. The third-order valence-corrected chi connectivity index (χ3v) is 9.26. The van der Waals surface area contributed by atoms with Crippen LogP contribution < -0.4 is 16.0 Å². The highest BCUT2D eigenvalue weighted by atomic mass is 16.9. The molecule has 0 radical (unpaired) electrons. The van der Waals surface area contributed by atoms with Gasteiger partial charge in [0.05, 0.1) is 25.8 Å². The highest BCUT2D eigenvalue weighted by Gasteiger charge is 2.36.